The monoisotopic (exact) mass is 292 g/mol. The van der Waals surface area contributed by atoms with Gasteiger partial charge in [0.05, 0.1) is 0 Å². The van der Waals surface area contributed by atoms with E-state index in [1.165, 1.54) is 24.3 Å². The Morgan fingerprint density at radius 3 is 2.47 bits per heavy atom. The maximum absolute atomic E-state index is 12.0. The number of carbonyl (C=O) groups excluding carboxylic acids is 1. The molecular weight excluding hydrogens is 278 g/mol. The maximum Gasteiger partial charge on any atom is 0.387 e. The number of alkyl halides is 2. The third kappa shape index (κ3) is 4.04. The average Bonchev–Trinajstić information content (AvgIpc) is 2.75. The predicted octanol–water partition coefficient (Wildman–Crippen LogP) is 1.88. The van der Waals surface area contributed by atoms with Gasteiger partial charge in [-0.15, -0.1) is 12.4 Å². The first-order valence-corrected chi connectivity index (χ1v) is 5.66. The van der Waals surface area contributed by atoms with E-state index in [0.29, 0.717) is 18.7 Å². The number of ether oxygens (including phenoxy) is 1. The summed E-state index contributed by atoms with van der Waals surface area (Å²) in [7, 11) is 0. The molecule has 1 amide bonds. The molecular formula is C12H15ClF2N2O2. The summed E-state index contributed by atoms with van der Waals surface area (Å²) in [6.45, 7) is -1.69. The van der Waals surface area contributed by atoms with Crippen LogP contribution >= 0.6 is 12.4 Å². The molecule has 1 aromatic carbocycles. The molecule has 0 aromatic heterocycles. The highest BCUT2D eigenvalue weighted by molar-refractivity contribution is 5.94. The van der Waals surface area contributed by atoms with E-state index in [4.69, 9.17) is 5.73 Å². The van der Waals surface area contributed by atoms with E-state index in [0.717, 1.165) is 6.42 Å². The molecule has 7 heteroatoms. The molecule has 1 aliphatic heterocycles. The summed E-state index contributed by atoms with van der Waals surface area (Å²) in [4.78, 5) is 13.7. The first-order chi connectivity index (χ1) is 8.56. The van der Waals surface area contributed by atoms with Crippen LogP contribution < -0.4 is 10.5 Å². The van der Waals surface area contributed by atoms with E-state index < -0.39 is 6.61 Å². The van der Waals surface area contributed by atoms with Crippen molar-refractivity contribution in [3.63, 3.8) is 0 Å². The van der Waals surface area contributed by atoms with Crippen LogP contribution in [0.5, 0.6) is 5.75 Å². The van der Waals surface area contributed by atoms with Crippen molar-refractivity contribution >= 4 is 18.3 Å². The highest BCUT2D eigenvalue weighted by Crippen LogP contribution is 2.17. The van der Waals surface area contributed by atoms with Crippen molar-refractivity contribution in [1.82, 2.24) is 4.90 Å². The van der Waals surface area contributed by atoms with Gasteiger partial charge in [-0.3, -0.25) is 4.79 Å². The Kier molecular flexibility index (Phi) is 5.50. The quantitative estimate of drug-likeness (QED) is 0.925. The minimum Gasteiger partial charge on any atom is -0.435 e. The first kappa shape index (κ1) is 15.7. The van der Waals surface area contributed by atoms with Gasteiger partial charge < -0.3 is 15.4 Å². The Morgan fingerprint density at radius 1 is 1.37 bits per heavy atom. The second-order valence-corrected chi connectivity index (χ2v) is 4.20. The lowest BCUT2D eigenvalue weighted by Crippen LogP contribution is -2.31. The van der Waals surface area contributed by atoms with E-state index in [2.05, 4.69) is 4.74 Å². The number of nitrogens with two attached hydrogens (primary N) is 1. The lowest BCUT2D eigenvalue weighted by atomic mass is 10.2. The zero-order valence-corrected chi connectivity index (χ0v) is 10.9. The maximum atomic E-state index is 12.0. The molecule has 106 valence electrons. The molecule has 2 rings (SSSR count). The average molecular weight is 293 g/mol. The topological polar surface area (TPSA) is 55.6 Å². The minimum absolute atomic E-state index is 0. The smallest absolute Gasteiger partial charge is 0.387 e. The number of nitrogens with zero attached hydrogens (tertiary/aromatic N) is 1. The van der Waals surface area contributed by atoms with Gasteiger partial charge in [-0.05, 0) is 30.7 Å². The van der Waals surface area contributed by atoms with Gasteiger partial charge >= 0.3 is 6.61 Å². The van der Waals surface area contributed by atoms with Gasteiger partial charge in [0.2, 0.25) is 0 Å². The normalized spacial score (nSPS) is 18.3. The molecule has 0 saturated carbocycles. The molecule has 1 heterocycles. The third-order valence-electron chi connectivity index (χ3n) is 2.84. The highest BCUT2D eigenvalue weighted by atomic mass is 35.5. The molecule has 0 radical (unpaired) electrons. The molecule has 4 nitrogen and oxygen atoms in total. The van der Waals surface area contributed by atoms with E-state index >= 15 is 0 Å². The molecule has 0 unspecified atom stereocenters. The SMILES string of the molecule is Cl.N[C@H]1CCN(C(=O)c2ccc(OC(F)F)cc2)C1. The summed E-state index contributed by atoms with van der Waals surface area (Å²) in [6.07, 6.45) is 0.790. The Balaban J connectivity index is 0.00000180. The van der Waals surface area contributed by atoms with Crippen molar-refractivity contribution in [2.75, 3.05) is 13.1 Å². The number of carbonyl (C=O) groups is 1. The number of halogens is 3. The summed E-state index contributed by atoms with van der Waals surface area (Å²) < 4.78 is 28.1. The van der Waals surface area contributed by atoms with Crippen molar-refractivity contribution in [2.45, 2.75) is 19.1 Å². The van der Waals surface area contributed by atoms with Gasteiger partial charge in [-0.25, -0.2) is 0 Å². The van der Waals surface area contributed by atoms with Gasteiger partial charge in [0.25, 0.3) is 5.91 Å². The lowest BCUT2D eigenvalue weighted by molar-refractivity contribution is -0.0498. The number of rotatable bonds is 3. The molecule has 2 N–H and O–H groups in total. The van der Waals surface area contributed by atoms with E-state index in [1.54, 1.807) is 4.90 Å². The Labute approximate surface area is 115 Å². The number of likely N-dealkylation sites (tertiary alicyclic amines) is 1. The van der Waals surface area contributed by atoms with Crippen LogP contribution in [0.2, 0.25) is 0 Å². The van der Waals surface area contributed by atoms with Crippen molar-refractivity contribution in [3.05, 3.63) is 29.8 Å². The fraction of sp³-hybridized carbons (Fsp3) is 0.417. The van der Waals surface area contributed by atoms with Crippen LogP contribution in [0.3, 0.4) is 0 Å². The van der Waals surface area contributed by atoms with Crippen molar-refractivity contribution in [2.24, 2.45) is 5.73 Å². The highest BCUT2D eigenvalue weighted by Gasteiger charge is 2.24. The Hall–Kier alpha value is -1.40. The number of hydrogen-bond acceptors (Lipinski definition) is 3. The Bertz CT molecular complexity index is 428. The summed E-state index contributed by atoms with van der Waals surface area (Å²) >= 11 is 0. The van der Waals surface area contributed by atoms with E-state index in [-0.39, 0.29) is 30.1 Å². The van der Waals surface area contributed by atoms with Crippen molar-refractivity contribution in [1.29, 1.82) is 0 Å². The molecule has 1 fully saturated rings. The third-order valence-corrected chi connectivity index (χ3v) is 2.84. The number of hydrogen-bond donors (Lipinski definition) is 1. The van der Waals surface area contributed by atoms with Crippen molar-refractivity contribution in [3.8, 4) is 5.75 Å². The summed E-state index contributed by atoms with van der Waals surface area (Å²) in [5, 5.41) is 0. The lowest BCUT2D eigenvalue weighted by Gasteiger charge is -2.15. The van der Waals surface area contributed by atoms with Crippen LogP contribution in [0.15, 0.2) is 24.3 Å². The van der Waals surface area contributed by atoms with Gasteiger partial charge in [-0.1, -0.05) is 0 Å². The van der Waals surface area contributed by atoms with Gasteiger partial charge in [0.1, 0.15) is 5.75 Å². The zero-order valence-electron chi connectivity index (χ0n) is 10.1. The molecule has 0 spiro atoms. The molecule has 1 aromatic rings. The fourth-order valence-electron chi connectivity index (χ4n) is 1.93. The van der Waals surface area contributed by atoms with Crippen LogP contribution in [0.1, 0.15) is 16.8 Å². The van der Waals surface area contributed by atoms with Crippen LogP contribution in [-0.4, -0.2) is 36.5 Å². The molecule has 0 bridgehead atoms. The summed E-state index contributed by atoms with van der Waals surface area (Å²) in [6, 6.07) is 5.69. The molecule has 0 aliphatic carbocycles. The number of amides is 1. The second kappa shape index (κ2) is 6.68. The minimum atomic E-state index is -2.86. The van der Waals surface area contributed by atoms with Gasteiger partial charge in [0, 0.05) is 24.7 Å². The van der Waals surface area contributed by atoms with Crippen LogP contribution in [0, 0.1) is 0 Å². The summed E-state index contributed by atoms with van der Waals surface area (Å²) in [5.41, 5.74) is 6.17. The molecule has 1 aliphatic rings. The van der Waals surface area contributed by atoms with Gasteiger partial charge in [-0.2, -0.15) is 8.78 Å². The van der Waals surface area contributed by atoms with E-state index in [1.807, 2.05) is 0 Å². The second-order valence-electron chi connectivity index (χ2n) is 4.20. The molecule has 1 atom stereocenters. The number of benzene rings is 1. The molecule has 19 heavy (non-hydrogen) atoms. The van der Waals surface area contributed by atoms with E-state index in [9.17, 15) is 13.6 Å². The summed E-state index contributed by atoms with van der Waals surface area (Å²) in [5.74, 6) is -0.0915. The van der Waals surface area contributed by atoms with Crippen LogP contribution in [0.25, 0.3) is 0 Å². The fourth-order valence-corrected chi connectivity index (χ4v) is 1.93. The first-order valence-electron chi connectivity index (χ1n) is 5.66. The predicted molar refractivity (Wildman–Crippen MR) is 68.8 cm³/mol. The van der Waals surface area contributed by atoms with Crippen LogP contribution in [-0.2, 0) is 0 Å². The van der Waals surface area contributed by atoms with Crippen molar-refractivity contribution < 1.29 is 18.3 Å². The standard InChI is InChI=1S/C12H14F2N2O2.ClH/c13-12(14)18-10-3-1-8(2-4-10)11(17)16-6-5-9(15)7-16;/h1-4,9,12H,5-7,15H2;1H/t9-;/m0./s1. The zero-order chi connectivity index (χ0) is 13.1. The largest absolute Gasteiger partial charge is 0.435 e. The van der Waals surface area contributed by atoms with Gasteiger partial charge in [0.15, 0.2) is 0 Å². The Morgan fingerprint density at radius 2 is 2.00 bits per heavy atom. The molecule has 1 saturated heterocycles. The van der Waals surface area contributed by atoms with Crippen LogP contribution in [0.4, 0.5) is 8.78 Å².